The van der Waals surface area contributed by atoms with E-state index in [1.165, 1.54) is 17.1 Å². The lowest BCUT2D eigenvalue weighted by Gasteiger charge is -2.15. The minimum atomic E-state index is -1.20. The Labute approximate surface area is 102 Å². The van der Waals surface area contributed by atoms with E-state index in [-0.39, 0.29) is 11.5 Å². The van der Waals surface area contributed by atoms with E-state index >= 15 is 0 Å². The Morgan fingerprint density at radius 2 is 2.22 bits per heavy atom. The molecule has 0 unspecified atom stereocenters. The van der Waals surface area contributed by atoms with Gasteiger partial charge in [-0.05, 0) is 0 Å². The number of nitrogens with zero attached hydrogens (tertiary/aromatic N) is 3. The number of aliphatic hydroxyl groups is 3. The summed E-state index contributed by atoms with van der Waals surface area (Å²) in [6, 6.07) is 0. The van der Waals surface area contributed by atoms with Crippen molar-refractivity contribution in [3.05, 3.63) is 18.2 Å². The zero-order valence-electron chi connectivity index (χ0n) is 9.29. The van der Waals surface area contributed by atoms with Crippen molar-refractivity contribution in [2.24, 2.45) is 10.9 Å². The van der Waals surface area contributed by atoms with Gasteiger partial charge >= 0.3 is 0 Å². The molecular formula is C9H14N4O5. The molecule has 0 bridgehead atoms. The molecule has 0 spiro atoms. The van der Waals surface area contributed by atoms with Crippen LogP contribution in [0.2, 0.25) is 0 Å². The van der Waals surface area contributed by atoms with Crippen LogP contribution >= 0.6 is 0 Å². The van der Waals surface area contributed by atoms with Crippen LogP contribution in [0.4, 0.5) is 0 Å². The van der Waals surface area contributed by atoms with Crippen molar-refractivity contribution in [1.29, 1.82) is 0 Å². The summed E-state index contributed by atoms with van der Waals surface area (Å²) in [7, 11) is 0. The molecule has 4 atom stereocenters. The zero-order chi connectivity index (χ0) is 13.3. The van der Waals surface area contributed by atoms with Gasteiger partial charge in [-0.1, -0.05) is 5.16 Å². The first kappa shape index (κ1) is 12.8. The monoisotopic (exact) mass is 258 g/mol. The summed E-state index contributed by atoms with van der Waals surface area (Å²) in [4.78, 5) is 3.85. The van der Waals surface area contributed by atoms with Crippen molar-refractivity contribution in [2.45, 2.75) is 24.5 Å². The fraction of sp³-hybridized carbons (Fsp3) is 0.556. The SMILES string of the molecule is NC(=NO)c1cn([C@@H]2O[C@H](CO)[C@@H](O)[C@H]2O)cn1. The Bertz CT molecular complexity index is 448. The average Bonchev–Trinajstić information content (AvgIpc) is 2.96. The molecule has 1 aromatic heterocycles. The van der Waals surface area contributed by atoms with Crippen molar-refractivity contribution in [1.82, 2.24) is 9.55 Å². The van der Waals surface area contributed by atoms with Crippen molar-refractivity contribution < 1.29 is 25.3 Å². The minimum Gasteiger partial charge on any atom is -0.409 e. The van der Waals surface area contributed by atoms with Crippen LogP contribution in [-0.2, 0) is 4.74 Å². The largest absolute Gasteiger partial charge is 0.409 e. The molecule has 9 nitrogen and oxygen atoms in total. The molecule has 0 saturated carbocycles. The van der Waals surface area contributed by atoms with E-state index in [4.69, 9.17) is 20.8 Å². The van der Waals surface area contributed by atoms with Gasteiger partial charge in [-0.3, -0.25) is 0 Å². The van der Waals surface area contributed by atoms with E-state index in [2.05, 4.69) is 10.1 Å². The lowest BCUT2D eigenvalue weighted by molar-refractivity contribution is -0.0528. The van der Waals surface area contributed by atoms with Crippen LogP contribution < -0.4 is 5.73 Å². The Morgan fingerprint density at radius 1 is 1.50 bits per heavy atom. The van der Waals surface area contributed by atoms with Crippen LogP contribution in [0.3, 0.4) is 0 Å². The van der Waals surface area contributed by atoms with Crippen LogP contribution in [0.15, 0.2) is 17.7 Å². The van der Waals surface area contributed by atoms with Gasteiger partial charge in [0.2, 0.25) is 0 Å². The first-order valence-electron chi connectivity index (χ1n) is 5.22. The standard InChI is InChI=1S/C9H14N4O5/c10-8(12-17)4-1-13(3-11-4)9-7(16)6(15)5(2-14)18-9/h1,3,5-7,9,14-17H,2H2,(H2,10,12)/t5-,6-,7-,9-/m1/s1. The van der Waals surface area contributed by atoms with Gasteiger partial charge in [0.15, 0.2) is 12.1 Å². The summed E-state index contributed by atoms with van der Waals surface area (Å²) in [6.07, 6.45) is -1.42. The van der Waals surface area contributed by atoms with E-state index in [9.17, 15) is 10.2 Å². The highest BCUT2D eigenvalue weighted by Gasteiger charge is 2.43. The number of ether oxygens (including phenoxy) is 1. The Morgan fingerprint density at radius 3 is 2.78 bits per heavy atom. The number of hydrogen-bond acceptors (Lipinski definition) is 7. The Balaban J connectivity index is 2.20. The highest BCUT2D eigenvalue weighted by molar-refractivity contribution is 5.94. The zero-order valence-corrected chi connectivity index (χ0v) is 9.29. The Hall–Kier alpha value is -1.68. The van der Waals surface area contributed by atoms with Gasteiger partial charge in [-0.2, -0.15) is 0 Å². The van der Waals surface area contributed by atoms with Crippen molar-refractivity contribution >= 4 is 5.84 Å². The topological polar surface area (TPSA) is 146 Å². The fourth-order valence-electron chi connectivity index (χ4n) is 1.79. The molecule has 0 radical (unpaired) electrons. The number of amidine groups is 1. The summed E-state index contributed by atoms with van der Waals surface area (Å²) in [5.41, 5.74) is 5.56. The number of aliphatic hydroxyl groups excluding tert-OH is 3. The van der Waals surface area contributed by atoms with Crippen LogP contribution in [-0.4, -0.2) is 60.8 Å². The van der Waals surface area contributed by atoms with Gasteiger partial charge < -0.3 is 35.6 Å². The highest BCUT2D eigenvalue weighted by atomic mass is 16.6. The normalized spacial score (nSPS) is 32.9. The molecule has 1 aliphatic heterocycles. The molecule has 0 aliphatic carbocycles. The van der Waals surface area contributed by atoms with Gasteiger partial charge in [-0.15, -0.1) is 0 Å². The molecule has 0 aromatic carbocycles. The molecular weight excluding hydrogens is 244 g/mol. The number of oxime groups is 1. The molecule has 100 valence electrons. The van der Waals surface area contributed by atoms with Gasteiger partial charge in [-0.25, -0.2) is 4.98 Å². The lowest BCUT2D eigenvalue weighted by Crippen LogP contribution is -2.33. The second-order valence-corrected chi connectivity index (χ2v) is 3.92. The summed E-state index contributed by atoms with van der Waals surface area (Å²) in [6.45, 7) is -0.406. The van der Waals surface area contributed by atoms with E-state index in [1.807, 2.05) is 0 Å². The minimum absolute atomic E-state index is 0.180. The molecule has 1 saturated heterocycles. The van der Waals surface area contributed by atoms with Crippen LogP contribution in [0, 0.1) is 0 Å². The maximum absolute atomic E-state index is 9.77. The van der Waals surface area contributed by atoms with Crippen molar-refractivity contribution in [3.63, 3.8) is 0 Å². The smallest absolute Gasteiger partial charge is 0.190 e. The second kappa shape index (κ2) is 4.90. The quantitative estimate of drug-likeness (QED) is 0.175. The van der Waals surface area contributed by atoms with Crippen molar-refractivity contribution in [2.75, 3.05) is 6.61 Å². The molecule has 1 aliphatic rings. The summed E-state index contributed by atoms with van der Waals surface area (Å²) in [5.74, 6) is -0.180. The van der Waals surface area contributed by atoms with E-state index in [0.29, 0.717) is 0 Å². The molecule has 1 aromatic rings. The predicted molar refractivity (Wildman–Crippen MR) is 57.7 cm³/mol. The average molecular weight is 258 g/mol. The summed E-state index contributed by atoms with van der Waals surface area (Å²) >= 11 is 0. The fourth-order valence-corrected chi connectivity index (χ4v) is 1.79. The third-order valence-corrected chi connectivity index (χ3v) is 2.78. The highest BCUT2D eigenvalue weighted by Crippen LogP contribution is 2.29. The van der Waals surface area contributed by atoms with E-state index in [0.717, 1.165) is 0 Å². The molecule has 0 amide bonds. The molecule has 18 heavy (non-hydrogen) atoms. The van der Waals surface area contributed by atoms with Gasteiger partial charge in [0, 0.05) is 6.20 Å². The first-order valence-corrected chi connectivity index (χ1v) is 5.22. The molecule has 1 fully saturated rings. The molecule has 2 heterocycles. The Kier molecular flexibility index (Phi) is 3.48. The van der Waals surface area contributed by atoms with Crippen LogP contribution in [0.25, 0.3) is 0 Å². The number of imidazole rings is 1. The van der Waals surface area contributed by atoms with Gasteiger partial charge in [0.1, 0.15) is 24.0 Å². The van der Waals surface area contributed by atoms with E-state index in [1.54, 1.807) is 0 Å². The molecule has 6 N–H and O–H groups in total. The first-order chi connectivity index (χ1) is 8.58. The third kappa shape index (κ3) is 2.04. The van der Waals surface area contributed by atoms with E-state index < -0.39 is 31.1 Å². The second-order valence-electron chi connectivity index (χ2n) is 3.92. The van der Waals surface area contributed by atoms with Crippen LogP contribution in [0.5, 0.6) is 0 Å². The van der Waals surface area contributed by atoms with Gasteiger partial charge in [0.05, 0.1) is 12.9 Å². The van der Waals surface area contributed by atoms with Gasteiger partial charge in [0.25, 0.3) is 0 Å². The predicted octanol–water partition coefficient (Wildman–Crippen LogP) is -2.41. The number of hydrogen-bond donors (Lipinski definition) is 5. The number of rotatable bonds is 3. The maximum Gasteiger partial charge on any atom is 0.190 e. The number of aromatic nitrogens is 2. The molecule has 9 heteroatoms. The molecule has 2 rings (SSSR count). The van der Waals surface area contributed by atoms with Crippen molar-refractivity contribution in [3.8, 4) is 0 Å². The van der Waals surface area contributed by atoms with Crippen LogP contribution in [0.1, 0.15) is 11.9 Å². The maximum atomic E-state index is 9.77. The summed E-state index contributed by atoms with van der Waals surface area (Å²) < 4.78 is 6.65. The number of nitrogens with two attached hydrogens (primary N) is 1. The lowest BCUT2D eigenvalue weighted by atomic mass is 10.1. The third-order valence-electron chi connectivity index (χ3n) is 2.78. The summed E-state index contributed by atoms with van der Waals surface area (Å²) in [5, 5.41) is 39.6.